The van der Waals surface area contributed by atoms with Crippen LogP contribution in [0, 0.1) is 0 Å². The lowest BCUT2D eigenvalue weighted by Crippen LogP contribution is -2.01. The summed E-state index contributed by atoms with van der Waals surface area (Å²) >= 11 is 0. The van der Waals surface area contributed by atoms with E-state index in [0.29, 0.717) is 17.5 Å². The fourth-order valence-electron chi connectivity index (χ4n) is 8.57. The zero-order valence-corrected chi connectivity index (χ0v) is 29.4. The van der Waals surface area contributed by atoms with Crippen LogP contribution in [0.4, 0.5) is 0 Å². The van der Waals surface area contributed by atoms with Gasteiger partial charge in [-0.05, 0) is 73.4 Å². The predicted molar refractivity (Wildman–Crippen MR) is 225 cm³/mol. The Kier molecular flexibility index (Phi) is 6.27. The number of rotatable bonds is 4. The Morgan fingerprint density at radius 3 is 1.69 bits per heavy atom. The number of fused-ring (bicyclic) bond motifs is 6. The molecule has 254 valence electrons. The van der Waals surface area contributed by atoms with Crippen molar-refractivity contribution in [1.82, 2.24) is 19.9 Å². The summed E-state index contributed by atoms with van der Waals surface area (Å²) in [5.41, 5.74) is 7.31. The molecule has 0 bridgehead atoms. The molecular weight excluding hydrogens is 673 g/mol. The average molecular weight is 701 g/mol. The van der Waals surface area contributed by atoms with E-state index in [2.05, 4.69) is 127 Å². The smallest absolute Gasteiger partial charge is 0.164 e. The van der Waals surface area contributed by atoms with E-state index in [0.717, 1.165) is 76.9 Å². The minimum absolute atomic E-state index is 0.614. The highest BCUT2D eigenvalue weighted by Gasteiger charge is 2.22. The van der Waals surface area contributed by atoms with Gasteiger partial charge in [0.1, 0.15) is 11.2 Å². The fourth-order valence-corrected chi connectivity index (χ4v) is 8.57. The third-order valence-corrected chi connectivity index (χ3v) is 11.1. The van der Waals surface area contributed by atoms with E-state index in [1.54, 1.807) is 0 Å². The molecule has 0 atom stereocenters. The monoisotopic (exact) mass is 700 g/mol. The number of benzene rings is 9. The lowest BCUT2D eigenvalue weighted by atomic mass is 9.91. The van der Waals surface area contributed by atoms with Gasteiger partial charge in [0, 0.05) is 33.0 Å². The molecule has 0 saturated carbocycles. The molecule has 0 spiro atoms. The van der Waals surface area contributed by atoms with E-state index in [1.807, 2.05) is 42.5 Å². The number of hydrogen-bond donors (Lipinski definition) is 0. The van der Waals surface area contributed by atoms with Crippen molar-refractivity contribution in [2.75, 3.05) is 0 Å². The zero-order chi connectivity index (χ0) is 36.0. The standard InChI is InChI=1S/C50H28N4O/c1-2-11-32(12-3-1)48-52-49(54-50(53-48)38-26-24-31-22-21-29-13-10-14-30-23-25-35(38)44(31)43(29)30)37-28-27-36(33-15-4-5-16-34(33)37)46-45-40-18-7-9-20-42(40)55-47(45)39-17-6-8-19-41(39)51-46/h1-28H. The van der Waals surface area contributed by atoms with Crippen LogP contribution in [-0.4, -0.2) is 19.9 Å². The van der Waals surface area contributed by atoms with E-state index >= 15 is 0 Å². The highest BCUT2D eigenvalue weighted by Crippen LogP contribution is 2.44. The molecule has 12 rings (SSSR count). The number of nitrogens with zero attached hydrogens (tertiary/aromatic N) is 4. The fraction of sp³-hybridized carbons (Fsp3) is 0. The molecule has 55 heavy (non-hydrogen) atoms. The molecular formula is C50H28N4O. The minimum atomic E-state index is 0.614. The number of aromatic nitrogens is 4. The molecule has 0 unspecified atom stereocenters. The Morgan fingerprint density at radius 2 is 0.891 bits per heavy atom. The van der Waals surface area contributed by atoms with Crippen LogP contribution >= 0.6 is 0 Å². The number of furan rings is 1. The first-order valence-corrected chi connectivity index (χ1v) is 18.5. The lowest BCUT2D eigenvalue weighted by molar-refractivity contribution is 0.672. The molecule has 5 heteroatoms. The molecule has 0 aliphatic carbocycles. The van der Waals surface area contributed by atoms with Crippen LogP contribution in [0.15, 0.2) is 174 Å². The predicted octanol–water partition coefficient (Wildman–Crippen LogP) is 13.0. The Morgan fingerprint density at radius 1 is 0.327 bits per heavy atom. The second-order valence-electron chi connectivity index (χ2n) is 14.1. The van der Waals surface area contributed by atoms with Gasteiger partial charge >= 0.3 is 0 Å². The van der Waals surface area contributed by atoms with Gasteiger partial charge in [-0.15, -0.1) is 0 Å². The Labute approximate surface area is 314 Å². The van der Waals surface area contributed by atoms with Gasteiger partial charge in [-0.2, -0.15) is 0 Å². The van der Waals surface area contributed by atoms with E-state index in [9.17, 15) is 0 Å². The van der Waals surface area contributed by atoms with Gasteiger partial charge < -0.3 is 4.42 Å². The van der Waals surface area contributed by atoms with Gasteiger partial charge in [-0.1, -0.05) is 140 Å². The molecule has 3 aromatic heterocycles. The molecule has 5 nitrogen and oxygen atoms in total. The van der Waals surface area contributed by atoms with Crippen LogP contribution in [0.2, 0.25) is 0 Å². The molecule has 0 amide bonds. The molecule has 0 N–H and O–H groups in total. The summed E-state index contributed by atoms with van der Waals surface area (Å²) in [6, 6.07) is 59.1. The normalized spacial score (nSPS) is 12.0. The van der Waals surface area contributed by atoms with Crippen molar-refractivity contribution in [3.63, 3.8) is 0 Å². The molecule has 0 saturated heterocycles. The third-order valence-electron chi connectivity index (χ3n) is 11.1. The minimum Gasteiger partial charge on any atom is -0.455 e. The summed E-state index contributed by atoms with van der Waals surface area (Å²) in [7, 11) is 0. The molecule has 0 fully saturated rings. The molecule has 12 aromatic rings. The van der Waals surface area contributed by atoms with Crippen LogP contribution < -0.4 is 0 Å². The summed E-state index contributed by atoms with van der Waals surface area (Å²) in [6.45, 7) is 0. The van der Waals surface area contributed by atoms with Gasteiger partial charge in [-0.3, -0.25) is 0 Å². The lowest BCUT2D eigenvalue weighted by Gasteiger charge is -2.15. The molecule has 0 radical (unpaired) electrons. The maximum Gasteiger partial charge on any atom is 0.164 e. The summed E-state index contributed by atoms with van der Waals surface area (Å²) in [5.74, 6) is 1.88. The quantitative estimate of drug-likeness (QED) is 0.171. The number of hydrogen-bond acceptors (Lipinski definition) is 5. The van der Waals surface area contributed by atoms with Crippen molar-refractivity contribution < 1.29 is 4.42 Å². The Balaban J connectivity index is 1.12. The summed E-state index contributed by atoms with van der Waals surface area (Å²) in [5, 5.41) is 12.4. The van der Waals surface area contributed by atoms with Gasteiger partial charge in [0.2, 0.25) is 0 Å². The first-order valence-electron chi connectivity index (χ1n) is 18.5. The van der Waals surface area contributed by atoms with Crippen LogP contribution in [0.5, 0.6) is 0 Å². The summed E-state index contributed by atoms with van der Waals surface area (Å²) in [6.07, 6.45) is 0. The van der Waals surface area contributed by atoms with Gasteiger partial charge in [0.15, 0.2) is 17.5 Å². The largest absolute Gasteiger partial charge is 0.455 e. The second kappa shape index (κ2) is 11.5. The Bertz CT molecular complexity index is 3480. The topological polar surface area (TPSA) is 64.7 Å². The zero-order valence-electron chi connectivity index (χ0n) is 29.4. The highest BCUT2D eigenvalue weighted by molar-refractivity contribution is 6.25. The van der Waals surface area contributed by atoms with Crippen molar-refractivity contribution in [3.05, 3.63) is 170 Å². The Hall–Kier alpha value is -7.50. The SMILES string of the molecule is c1ccc(-c2nc(-c3ccc(-c4nc5ccccc5c5oc6ccccc6c45)c4ccccc34)nc(-c3ccc4ccc5cccc6ccc3c4c56)n2)cc1. The highest BCUT2D eigenvalue weighted by atomic mass is 16.3. The maximum absolute atomic E-state index is 6.54. The van der Waals surface area contributed by atoms with Gasteiger partial charge in [-0.25, -0.2) is 19.9 Å². The van der Waals surface area contributed by atoms with Gasteiger partial charge in [0.25, 0.3) is 0 Å². The molecule has 9 aromatic carbocycles. The second-order valence-corrected chi connectivity index (χ2v) is 14.1. The molecule has 3 heterocycles. The van der Waals surface area contributed by atoms with Crippen LogP contribution in [0.3, 0.4) is 0 Å². The van der Waals surface area contributed by atoms with E-state index in [4.69, 9.17) is 24.4 Å². The molecule has 0 aliphatic heterocycles. The summed E-state index contributed by atoms with van der Waals surface area (Å²) in [4.78, 5) is 21.0. The maximum atomic E-state index is 6.54. The average Bonchev–Trinajstić information content (AvgIpc) is 3.65. The first-order chi connectivity index (χ1) is 27.3. The van der Waals surface area contributed by atoms with Crippen LogP contribution in [0.25, 0.3) is 121 Å². The van der Waals surface area contributed by atoms with Crippen LogP contribution in [0.1, 0.15) is 0 Å². The van der Waals surface area contributed by atoms with E-state index < -0.39 is 0 Å². The van der Waals surface area contributed by atoms with E-state index in [-0.39, 0.29) is 0 Å². The number of pyridine rings is 1. The number of para-hydroxylation sites is 2. The third kappa shape index (κ3) is 4.47. The van der Waals surface area contributed by atoms with E-state index in [1.165, 1.54) is 26.9 Å². The van der Waals surface area contributed by atoms with Gasteiger partial charge in [0.05, 0.1) is 16.6 Å². The summed E-state index contributed by atoms with van der Waals surface area (Å²) < 4.78 is 6.54. The van der Waals surface area contributed by atoms with Crippen molar-refractivity contribution in [2.24, 2.45) is 0 Å². The first kappa shape index (κ1) is 30.0. The van der Waals surface area contributed by atoms with Crippen molar-refractivity contribution in [1.29, 1.82) is 0 Å². The van der Waals surface area contributed by atoms with Crippen molar-refractivity contribution in [2.45, 2.75) is 0 Å². The van der Waals surface area contributed by atoms with Crippen LogP contribution in [-0.2, 0) is 0 Å². The van der Waals surface area contributed by atoms with Crippen molar-refractivity contribution in [3.8, 4) is 45.4 Å². The van der Waals surface area contributed by atoms with Crippen molar-refractivity contribution >= 4 is 75.9 Å². The molecule has 0 aliphatic rings.